The third kappa shape index (κ3) is 4.19. The van der Waals surface area contributed by atoms with Gasteiger partial charge in [0.15, 0.2) is 11.9 Å². The minimum Gasteiger partial charge on any atom is -0.505 e. The van der Waals surface area contributed by atoms with Gasteiger partial charge in [0.25, 0.3) is 5.91 Å². The predicted molar refractivity (Wildman–Crippen MR) is 119 cm³/mol. The number of phenolic OH excluding ortho intramolecular Hbond substituents is 1. The fraction of sp³-hybridized carbons (Fsp3) is 0.333. The lowest BCUT2D eigenvalue weighted by Gasteiger charge is -2.33. The van der Waals surface area contributed by atoms with Crippen LogP contribution in [-0.2, 0) is 9.53 Å². The van der Waals surface area contributed by atoms with Crippen LogP contribution >= 0.6 is 0 Å². The van der Waals surface area contributed by atoms with Crippen LogP contribution in [0.3, 0.4) is 0 Å². The maximum atomic E-state index is 12.8. The van der Waals surface area contributed by atoms with Crippen LogP contribution in [0.2, 0.25) is 0 Å². The van der Waals surface area contributed by atoms with Crippen molar-refractivity contribution < 1.29 is 24.5 Å². The summed E-state index contributed by atoms with van der Waals surface area (Å²) in [5.41, 5.74) is 1.96. The third-order valence-corrected chi connectivity index (χ3v) is 5.80. The second-order valence-corrected chi connectivity index (χ2v) is 7.80. The number of benzene rings is 2. The molecule has 1 aliphatic carbocycles. The molecule has 0 spiro atoms. The maximum Gasteiger partial charge on any atom is 0.257 e. The molecule has 8 heteroatoms. The summed E-state index contributed by atoms with van der Waals surface area (Å²) < 4.78 is 5.28. The summed E-state index contributed by atoms with van der Waals surface area (Å²) in [6.45, 7) is 3.84. The topological polar surface area (TPSA) is 111 Å². The number of amides is 1. The number of nitrogens with zero attached hydrogens (tertiary/aromatic N) is 1. The van der Waals surface area contributed by atoms with E-state index in [1.165, 1.54) is 0 Å². The lowest BCUT2D eigenvalue weighted by molar-refractivity contribution is -0.124. The lowest BCUT2D eigenvalue weighted by Crippen LogP contribution is -2.46. The normalized spacial score (nSPS) is 19.4. The number of aliphatic hydroxyl groups excluding tert-OH is 1. The van der Waals surface area contributed by atoms with Crippen molar-refractivity contribution in [3.8, 4) is 5.75 Å². The Morgan fingerprint density at radius 1 is 1.16 bits per heavy atom. The molecule has 1 aliphatic heterocycles. The number of rotatable bonds is 7. The van der Waals surface area contributed by atoms with Crippen molar-refractivity contribution in [2.45, 2.75) is 25.5 Å². The number of ketones is 1. The molecule has 2 aliphatic rings. The second-order valence-electron chi connectivity index (χ2n) is 7.80. The number of carbonyl (C=O) groups excluding carboxylic acids is 2. The summed E-state index contributed by atoms with van der Waals surface area (Å²) >= 11 is 0. The Morgan fingerprint density at radius 2 is 1.88 bits per heavy atom. The quantitative estimate of drug-likeness (QED) is 0.491. The van der Waals surface area contributed by atoms with E-state index in [2.05, 4.69) is 10.6 Å². The Hall–Kier alpha value is -3.36. The monoisotopic (exact) mass is 437 g/mol. The average molecular weight is 437 g/mol. The SMILES string of the molecule is CC[C@@H](NC1=C(Nc2cccc(C(=O)N3CCOCC3)c2O)C(=O)C1O)c1ccccc1. The fourth-order valence-electron chi connectivity index (χ4n) is 3.92. The zero-order valence-corrected chi connectivity index (χ0v) is 17.9. The molecule has 1 unspecified atom stereocenters. The number of hydrogen-bond acceptors (Lipinski definition) is 7. The van der Waals surface area contributed by atoms with Crippen LogP contribution < -0.4 is 10.6 Å². The molecule has 0 saturated carbocycles. The van der Waals surface area contributed by atoms with E-state index in [1.807, 2.05) is 37.3 Å². The minimum absolute atomic E-state index is 0.0893. The van der Waals surface area contributed by atoms with Gasteiger partial charge in [-0.2, -0.15) is 0 Å². The molecule has 4 N–H and O–H groups in total. The number of ether oxygens (including phenoxy) is 1. The summed E-state index contributed by atoms with van der Waals surface area (Å²) in [5.74, 6) is -1.00. The number of hydrogen-bond donors (Lipinski definition) is 4. The van der Waals surface area contributed by atoms with Crippen LogP contribution in [0, 0.1) is 0 Å². The first-order chi connectivity index (χ1) is 15.5. The summed E-state index contributed by atoms with van der Waals surface area (Å²) in [5, 5.41) is 27.2. The van der Waals surface area contributed by atoms with Crippen LogP contribution in [0.25, 0.3) is 0 Å². The largest absolute Gasteiger partial charge is 0.505 e. The van der Waals surface area contributed by atoms with Gasteiger partial charge in [0.1, 0.15) is 5.70 Å². The molecule has 2 aromatic carbocycles. The first-order valence-electron chi connectivity index (χ1n) is 10.7. The zero-order valence-electron chi connectivity index (χ0n) is 17.9. The van der Waals surface area contributed by atoms with Gasteiger partial charge in [-0.05, 0) is 24.1 Å². The summed E-state index contributed by atoms with van der Waals surface area (Å²) in [6, 6.07) is 14.4. The van der Waals surface area contributed by atoms with Crippen molar-refractivity contribution >= 4 is 17.4 Å². The number of morpholine rings is 1. The van der Waals surface area contributed by atoms with Crippen molar-refractivity contribution in [1.29, 1.82) is 0 Å². The molecule has 0 aromatic heterocycles. The smallest absolute Gasteiger partial charge is 0.257 e. The number of aromatic hydroxyl groups is 1. The molecule has 1 heterocycles. The van der Waals surface area contributed by atoms with E-state index in [0.717, 1.165) is 12.0 Å². The molecule has 1 amide bonds. The Balaban J connectivity index is 1.57. The number of Topliss-reactive ketones (excluding diaryl/α,β-unsaturated/α-hetero) is 1. The molecular weight excluding hydrogens is 410 g/mol. The van der Waals surface area contributed by atoms with Crippen LogP contribution in [-0.4, -0.2) is 59.2 Å². The van der Waals surface area contributed by atoms with Crippen LogP contribution in [0.1, 0.15) is 35.3 Å². The number of anilines is 1. The Morgan fingerprint density at radius 3 is 2.56 bits per heavy atom. The Kier molecular flexibility index (Phi) is 6.43. The first kappa shape index (κ1) is 21.9. The second kappa shape index (κ2) is 9.42. The van der Waals surface area contributed by atoms with Crippen molar-refractivity contribution in [2.75, 3.05) is 31.6 Å². The summed E-state index contributed by atoms with van der Waals surface area (Å²) in [6.07, 6.45) is -0.508. The van der Waals surface area contributed by atoms with Gasteiger partial charge in [0.05, 0.1) is 36.2 Å². The highest BCUT2D eigenvalue weighted by Crippen LogP contribution is 2.34. The number of aliphatic hydroxyl groups is 1. The molecule has 8 nitrogen and oxygen atoms in total. The highest BCUT2D eigenvalue weighted by molar-refractivity contribution is 6.11. The van der Waals surface area contributed by atoms with E-state index in [-0.39, 0.29) is 34.6 Å². The molecule has 2 aromatic rings. The molecule has 4 rings (SSSR count). The molecular formula is C24H27N3O5. The molecule has 0 radical (unpaired) electrons. The molecule has 0 bridgehead atoms. The standard InChI is InChI=1S/C24H27N3O5/c1-2-17(15-7-4-3-5-8-15)25-19-20(23(30)22(19)29)26-18-10-6-9-16(21(18)28)24(31)27-11-13-32-14-12-27/h3-10,17,22,25-26,28-29H,2,11-14H2,1H3/t17-,22?/m1/s1. The van der Waals surface area contributed by atoms with Crippen LogP contribution in [0.15, 0.2) is 59.9 Å². The van der Waals surface area contributed by atoms with Crippen molar-refractivity contribution in [1.82, 2.24) is 10.2 Å². The molecule has 1 saturated heterocycles. The molecule has 32 heavy (non-hydrogen) atoms. The number of carbonyl (C=O) groups is 2. The van der Waals surface area contributed by atoms with Crippen molar-refractivity contribution in [2.24, 2.45) is 0 Å². The van der Waals surface area contributed by atoms with Gasteiger partial charge in [-0.1, -0.05) is 43.3 Å². The Bertz CT molecular complexity index is 1030. The predicted octanol–water partition coefficient (Wildman–Crippen LogP) is 2.17. The highest BCUT2D eigenvalue weighted by atomic mass is 16.5. The maximum absolute atomic E-state index is 12.8. The van der Waals surface area contributed by atoms with Crippen LogP contribution in [0.4, 0.5) is 5.69 Å². The van der Waals surface area contributed by atoms with Gasteiger partial charge in [0, 0.05) is 13.1 Å². The van der Waals surface area contributed by atoms with Crippen LogP contribution in [0.5, 0.6) is 5.75 Å². The Labute approximate surface area is 186 Å². The average Bonchev–Trinajstić information content (AvgIpc) is 2.85. The van der Waals surface area contributed by atoms with Gasteiger partial charge >= 0.3 is 0 Å². The summed E-state index contributed by atoms with van der Waals surface area (Å²) in [4.78, 5) is 26.8. The summed E-state index contributed by atoms with van der Waals surface area (Å²) in [7, 11) is 0. The van der Waals surface area contributed by atoms with E-state index < -0.39 is 11.9 Å². The molecule has 2 atom stereocenters. The van der Waals surface area contributed by atoms with Gasteiger partial charge < -0.3 is 30.5 Å². The highest BCUT2D eigenvalue weighted by Gasteiger charge is 2.39. The van der Waals surface area contributed by atoms with E-state index in [9.17, 15) is 19.8 Å². The molecule has 1 fully saturated rings. The van der Waals surface area contributed by atoms with Gasteiger partial charge in [-0.25, -0.2) is 0 Å². The van der Waals surface area contributed by atoms with Crippen molar-refractivity contribution in [3.05, 3.63) is 71.1 Å². The number of nitrogens with one attached hydrogen (secondary N) is 2. The minimum atomic E-state index is -1.25. The van der Waals surface area contributed by atoms with Gasteiger partial charge in [0.2, 0.25) is 5.78 Å². The number of phenols is 1. The van der Waals surface area contributed by atoms with E-state index in [0.29, 0.717) is 32.0 Å². The zero-order chi connectivity index (χ0) is 22.7. The van der Waals surface area contributed by atoms with Crippen molar-refractivity contribution in [3.63, 3.8) is 0 Å². The fourth-order valence-corrected chi connectivity index (χ4v) is 3.92. The van der Waals surface area contributed by atoms with Gasteiger partial charge in [-0.15, -0.1) is 0 Å². The van der Waals surface area contributed by atoms with E-state index >= 15 is 0 Å². The van der Waals surface area contributed by atoms with E-state index in [1.54, 1.807) is 23.1 Å². The van der Waals surface area contributed by atoms with E-state index in [4.69, 9.17) is 4.74 Å². The van der Waals surface area contributed by atoms with Gasteiger partial charge in [-0.3, -0.25) is 9.59 Å². The lowest BCUT2D eigenvalue weighted by atomic mass is 9.92. The number of para-hydroxylation sites is 1. The first-order valence-corrected chi connectivity index (χ1v) is 10.7. The third-order valence-electron chi connectivity index (χ3n) is 5.80. The molecule has 168 valence electrons.